The summed E-state index contributed by atoms with van der Waals surface area (Å²) >= 11 is 0. The molecule has 0 saturated heterocycles. The molecule has 0 radical (unpaired) electrons. The predicted octanol–water partition coefficient (Wildman–Crippen LogP) is 3.55. The number of nitrogens with zero attached hydrogens (tertiary/aromatic N) is 4. The van der Waals surface area contributed by atoms with Gasteiger partial charge in [-0.2, -0.15) is 0 Å². The lowest BCUT2D eigenvalue weighted by Crippen LogP contribution is -2.39. The van der Waals surface area contributed by atoms with E-state index in [9.17, 15) is 14.4 Å². The summed E-state index contributed by atoms with van der Waals surface area (Å²) in [6.45, 7) is 3.39. The van der Waals surface area contributed by atoms with E-state index < -0.39 is 5.91 Å². The maximum Gasteiger partial charge on any atom is 0.294 e. The third-order valence-electron chi connectivity index (χ3n) is 6.80. The molecule has 3 aromatic rings. The minimum atomic E-state index is -0.516. The van der Waals surface area contributed by atoms with E-state index in [2.05, 4.69) is 20.6 Å². The van der Waals surface area contributed by atoms with Crippen molar-refractivity contribution in [3.63, 3.8) is 0 Å². The number of nitrogens with one attached hydrogen (secondary N) is 2. The molecular weight excluding hydrogens is 472 g/mol. The Kier molecular flexibility index (Phi) is 8.17. The zero-order chi connectivity index (χ0) is 26.5. The van der Waals surface area contributed by atoms with E-state index >= 15 is 0 Å². The molecule has 3 aromatic heterocycles. The number of fused-ring (bicyclic) bond motifs is 1. The first-order valence-corrected chi connectivity index (χ1v) is 12.5. The van der Waals surface area contributed by atoms with Crippen LogP contribution in [-0.4, -0.2) is 71.7 Å². The van der Waals surface area contributed by atoms with Crippen LogP contribution < -0.4 is 10.6 Å². The van der Waals surface area contributed by atoms with Gasteiger partial charge in [0.25, 0.3) is 5.91 Å². The van der Waals surface area contributed by atoms with Crippen LogP contribution in [0, 0.1) is 18.8 Å². The van der Waals surface area contributed by atoms with Gasteiger partial charge >= 0.3 is 0 Å². The normalized spacial score (nSPS) is 17.5. The van der Waals surface area contributed by atoms with E-state index in [0.717, 1.165) is 12.1 Å². The van der Waals surface area contributed by atoms with Gasteiger partial charge in [-0.15, -0.1) is 0 Å². The Bertz CT molecular complexity index is 1260. The van der Waals surface area contributed by atoms with Crippen LogP contribution in [0.4, 0.5) is 11.5 Å². The van der Waals surface area contributed by atoms with Gasteiger partial charge in [0.05, 0.1) is 5.39 Å². The highest BCUT2D eigenvalue weighted by Gasteiger charge is 2.32. The van der Waals surface area contributed by atoms with Crippen molar-refractivity contribution in [1.29, 1.82) is 0 Å². The third-order valence-corrected chi connectivity index (χ3v) is 6.80. The maximum absolute atomic E-state index is 13.2. The fourth-order valence-corrected chi connectivity index (χ4v) is 4.54. The zero-order valence-electron chi connectivity index (χ0n) is 21.8. The molecule has 3 amide bonds. The van der Waals surface area contributed by atoms with Gasteiger partial charge in [-0.3, -0.25) is 19.4 Å². The Morgan fingerprint density at radius 3 is 2.38 bits per heavy atom. The fourth-order valence-electron chi connectivity index (χ4n) is 4.54. The van der Waals surface area contributed by atoms with Gasteiger partial charge in [0.15, 0.2) is 0 Å². The summed E-state index contributed by atoms with van der Waals surface area (Å²) in [4.78, 5) is 51.3. The summed E-state index contributed by atoms with van der Waals surface area (Å²) in [5, 5.41) is 6.19. The van der Waals surface area contributed by atoms with Crippen LogP contribution in [0.1, 0.15) is 41.8 Å². The molecule has 4 rings (SSSR count). The number of furan rings is 1. The summed E-state index contributed by atoms with van der Waals surface area (Å²) in [5.41, 5.74) is 1.71. The summed E-state index contributed by atoms with van der Waals surface area (Å²) in [5.74, 6) is -0.531. The second-order valence-corrected chi connectivity index (χ2v) is 9.95. The molecule has 0 unspecified atom stereocenters. The first-order chi connectivity index (χ1) is 17.7. The summed E-state index contributed by atoms with van der Waals surface area (Å²) < 4.78 is 5.81. The van der Waals surface area contributed by atoms with E-state index in [1.807, 2.05) is 39.0 Å². The molecule has 10 nitrogen and oxygen atoms in total. The molecule has 1 saturated carbocycles. The Balaban J connectivity index is 1.43. The van der Waals surface area contributed by atoms with Crippen LogP contribution in [0.25, 0.3) is 11.0 Å². The summed E-state index contributed by atoms with van der Waals surface area (Å²) in [6.07, 6.45) is 7.30. The molecular formula is C27H34N6O4. The van der Waals surface area contributed by atoms with Gasteiger partial charge in [0.1, 0.15) is 17.1 Å². The molecule has 0 spiro atoms. The quantitative estimate of drug-likeness (QED) is 0.479. The SMILES string of the molecule is Cc1ccc(NC(=O)c2oc3ccncc3c2NC(=O)C2CCC(C(=O)N(C)CCN(C)C)CC2)nc1. The fraction of sp³-hybridized carbons (Fsp3) is 0.444. The number of carbonyl (C=O) groups is 3. The van der Waals surface area contributed by atoms with Crippen LogP contribution in [0.15, 0.2) is 41.2 Å². The van der Waals surface area contributed by atoms with E-state index in [0.29, 0.717) is 54.7 Å². The molecule has 0 bridgehead atoms. The molecule has 3 heterocycles. The van der Waals surface area contributed by atoms with Crippen molar-refractivity contribution in [2.24, 2.45) is 11.8 Å². The van der Waals surface area contributed by atoms with Gasteiger partial charge < -0.3 is 24.9 Å². The highest BCUT2D eigenvalue weighted by molar-refractivity contribution is 6.14. The molecule has 0 atom stereocenters. The number of aryl methyl sites for hydroxylation is 1. The number of rotatable bonds is 8. The molecule has 0 aliphatic heterocycles. The predicted molar refractivity (Wildman–Crippen MR) is 141 cm³/mol. The Hall–Kier alpha value is -3.79. The minimum Gasteiger partial charge on any atom is -0.448 e. The molecule has 1 aliphatic rings. The van der Waals surface area contributed by atoms with E-state index in [4.69, 9.17) is 4.42 Å². The van der Waals surface area contributed by atoms with E-state index in [1.165, 1.54) is 0 Å². The Labute approximate surface area is 216 Å². The number of anilines is 2. The van der Waals surface area contributed by atoms with Crippen molar-refractivity contribution in [2.45, 2.75) is 32.6 Å². The van der Waals surface area contributed by atoms with Crippen molar-refractivity contribution < 1.29 is 18.8 Å². The topological polar surface area (TPSA) is 121 Å². The molecule has 1 aliphatic carbocycles. The number of aromatic nitrogens is 2. The van der Waals surface area contributed by atoms with Crippen LogP contribution in [0.5, 0.6) is 0 Å². The van der Waals surface area contributed by atoms with Crippen molar-refractivity contribution in [3.8, 4) is 0 Å². The Morgan fingerprint density at radius 2 is 1.70 bits per heavy atom. The van der Waals surface area contributed by atoms with Crippen molar-refractivity contribution in [3.05, 3.63) is 48.1 Å². The average molecular weight is 507 g/mol. The number of pyridine rings is 2. The monoisotopic (exact) mass is 506 g/mol. The lowest BCUT2D eigenvalue weighted by molar-refractivity contribution is -0.136. The largest absolute Gasteiger partial charge is 0.448 e. The molecule has 2 N–H and O–H groups in total. The summed E-state index contributed by atoms with van der Waals surface area (Å²) in [6, 6.07) is 5.19. The van der Waals surface area contributed by atoms with Crippen molar-refractivity contribution >= 4 is 40.2 Å². The number of hydrogen-bond acceptors (Lipinski definition) is 7. The Morgan fingerprint density at radius 1 is 0.973 bits per heavy atom. The lowest BCUT2D eigenvalue weighted by Gasteiger charge is -2.30. The maximum atomic E-state index is 13.2. The standard InChI is InChI=1S/C27H34N6O4/c1-17-5-10-22(29-15-17)30-26(35)24-23(20-16-28-12-11-21(20)37-24)31-25(34)18-6-8-19(9-7-18)27(36)33(4)14-13-32(2)3/h5,10-12,15-16,18-19H,6-9,13-14H2,1-4H3,(H,31,34)(H,29,30,35). The van der Waals surface area contributed by atoms with Gasteiger partial charge in [-0.05, 0) is 64.4 Å². The van der Waals surface area contributed by atoms with Gasteiger partial charge in [0.2, 0.25) is 17.6 Å². The highest BCUT2D eigenvalue weighted by atomic mass is 16.3. The zero-order valence-corrected chi connectivity index (χ0v) is 21.8. The second kappa shape index (κ2) is 11.5. The molecule has 1 fully saturated rings. The van der Waals surface area contributed by atoms with Crippen LogP contribution in [0.2, 0.25) is 0 Å². The third kappa shape index (κ3) is 6.32. The number of hydrogen-bond donors (Lipinski definition) is 2. The highest BCUT2D eigenvalue weighted by Crippen LogP contribution is 2.34. The van der Waals surface area contributed by atoms with Crippen molar-refractivity contribution in [2.75, 3.05) is 44.9 Å². The minimum absolute atomic E-state index is 0.00916. The molecule has 37 heavy (non-hydrogen) atoms. The van der Waals surface area contributed by atoms with E-state index in [1.54, 1.807) is 35.6 Å². The van der Waals surface area contributed by atoms with Crippen molar-refractivity contribution in [1.82, 2.24) is 19.8 Å². The first-order valence-electron chi connectivity index (χ1n) is 12.5. The van der Waals surface area contributed by atoms with Gasteiger partial charge in [-0.1, -0.05) is 6.07 Å². The smallest absolute Gasteiger partial charge is 0.294 e. The second-order valence-electron chi connectivity index (χ2n) is 9.95. The number of likely N-dealkylation sites (N-methyl/N-ethyl adjacent to an activating group) is 2. The van der Waals surface area contributed by atoms with Gasteiger partial charge in [-0.25, -0.2) is 4.98 Å². The van der Waals surface area contributed by atoms with Crippen LogP contribution in [-0.2, 0) is 9.59 Å². The van der Waals surface area contributed by atoms with Gasteiger partial charge in [0, 0.05) is 50.6 Å². The number of amides is 3. The van der Waals surface area contributed by atoms with Crippen LogP contribution >= 0.6 is 0 Å². The van der Waals surface area contributed by atoms with E-state index in [-0.39, 0.29) is 29.4 Å². The summed E-state index contributed by atoms with van der Waals surface area (Å²) in [7, 11) is 5.80. The molecule has 196 valence electrons. The van der Waals surface area contributed by atoms with Crippen LogP contribution in [0.3, 0.4) is 0 Å². The average Bonchev–Trinajstić information content (AvgIpc) is 3.26. The molecule has 0 aromatic carbocycles. The lowest BCUT2D eigenvalue weighted by atomic mass is 9.81. The first kappa shape index (κ1) is 26.3. The molecule has 10 heteroatoms. The number of carbonyl (C=O) groups excluding carboxylic acids is 3.